The Morgan fingerprint density at radius 2 is 1.84 bits per heavy atom. The number of amides is 1. The second kappa shape index (κ2) is 7.63. The largest absolute Gasteiger partial charge is 0.450 e. The van der Waals surface area contributed by atoms with Crippen LogP contribution >= 0.6 is 0 Å². The molecule has 0 bridgehead atoms. The highest BCUT2D eigenvalue weighted by Crippen LogP contribution is 2.39. The number of likely N-dealkylation sites (N-methyl/N-ethyl adjacent to an activating group) is 1. The van der Waals surface area contributed by atoms with Gasteiger partial charge < -0.3 is 14.2 Å². The van der Waals surface area contributed by atoms with Gasteiger partial charge in [-0.3, -0.25) is 19.7 Å². The molecular formula is C23H23N3O5. The molecule has 1 aliphatic heterocycles. The highest BCUT2D eigenvalue weighted by Gasteiger charge is 2.42. The van der Waals surface area contributed by atoms with Crippen molar-refractivity contribution in [3.63, 3.8) is 0 Å². The molecule has 0 N–H and O–H groups in total. The molecule has 1 aromatic heterocycles. The molecule has 31 heavy (non-hydrogen) atoms. The van der Waals surface area contributed by atoms with Crippen LogP contribution in [0.1, 0.15) is 38.9 Å². The van der Waals surface area contributed by atoms with Crippen molar-refractivity contribution < 1.29 is 14.1 Å². The number of nitro benzene ring substituents is 1. The van der Waals surface area contributed by atoms with Gasteiger partial charge in [0.15, 0.2) is 5.43 Å². The third-order valence-electron chi connectivity index (χ3n) is 5.77. The van der Waals surface area contributed by atoms with E-state index in [2.05, 4.69) is 0 Å². The SMILES string of the molecule is Cc1cc2oc3c(c(=O)c2cc1C)[C@H](c1cccc([N+](=O)[O-])c1)N(CCN(C)C)C3=O. The van der Waals surface area contributed by atoms with E-state index in [1.54, 1.807) is 29.2 Å². The predicted octanol–water partition coefficient (Wildman–Crippen LogP) is 3.42. The second-order valence-electron chi connectivity index (χ2n) is 8.16. The topological polar surface area (TPSA) is 96.9 Å². The number of aryl methyl sites for hydroxylation is 2. The minimum absolute atomic E-state index is 0.0102. The van der Waals surface area contributed by atoms with Gasteiger partial charge in [-0.2, -0.15) is 0 Å². The summed E-state index contributed by atoms with van der Waals surface area (Å²) in [4.78, 5) is 41.2. The van der Waals surface area contributed by atoms with Crippen LogP contribution in [-0.4, -0.2) is 47.8 Å². The van der Waals surface area contributed by atoms with Gasteiger partial charge in [-0.15, -0.1) is 0 Å². The molecule has 8 heteroatoms. The van der Waals surface area contributed by atoms with E-state index in [4.69, 9.17) is 4.42 Å². The number of carbonyl (C=O) groups excluding carboxylic acids is 1. The monoisotopic (exact) mass is 421 g/mol. The summed E-state index contributed by atoms with van der Waals surface area (Å²) in [6.07, 6.45) is 0. The Kier molecular flexibility index (Phi) is 5.10. The zero-order valence-electron chi connectivity index (χ0n) is 17.8. The van der Waals surface area contributed by atoms with Crippen LogP contribution < -0.4 is 5.43 Å². The first kappa shape index (κ1) is 20.7. The van der Waals surface area contributed by atoms with Crippen molar-refractivity contribution in [3.05, 3.63) is 84.7 Å². The third kappa shape index (κ3) is 3.48. The number of nitrogens with zero attached hydrogens (tertiary/aromatic N) is 3. The first-order chi connectivity index (χ1) is 14.7. The van der Waals surface area contributed by atoms with E-state index in [1.165, 1.54) is 12.1 Å². The molecule has 160 valence electrons. The number of carbonyl (C=O) groups is 1. The van der Waals surface area contributed by atoms with Gasteiger partial charge in [-0.25, -0.2) is 0 Å². The van der Waals surface area contributed by atoms with Crippen LogP contribution in [0.25, 0.3) is 11.0 Å². The van der Waals surface area contributed by atoms with Crippen LogP contribution in [0.3, 0.4) is 0 Å². The van der Waals surface area contributed by atoms with Crippen molar-refractivity contribution in [2.45, 2.75) is 19.9 Å². The summed E-state index contributed by atoms with van der Waals surface area (Å²) in [5.41, 5.74) is 2.64. The summed E-state index contributed by atoms with van der Waals surface area (Å²) in [5, 5.41) is 11.7. The molecule has 1 aliphatic rings. The lowest BCUT2D eigenvalue weighted by Crippen LogP contribution is -2.35. The predicted molar refractivity (Wildman–Crippen MR) is 116 cm³/mol. The third-order valence-corrected chi connectivity index (χ3v) is 5.77. The molecule has 0 aliphatic carbocycles. The molecule has 0 unspecified atom stereocenters. The average molecular weight is 421 g/mol. The fourth-order valence-corrected chi connectivity index (χ4v) is 3.97. The summed E-state index contributed by atoms with van der Waals surface area (Å²) in [6, 6.07) is 8.87. The lowest BCUT2D eigenvalue weighted by Gasteiger charge is -2.26. The quantitative estimate of drug-likeness (QED) is 0.463. The van der Waals surface area contributed by atoms with E-state index in [0.717, 1.165) is 11.1 Å². The summed E-state index contributed by atoms with van der Waals surface area (Å²) >= 11 is 0. The van der Waals surface area contributed by atoms with Gasteiger partial charge in [-0.1, -0.05) is 12.1 Å². The normalized spacial score (nSPS) is 15.7. The summed E-state index contributed by atoms with van der Waals surface area (Å²) in [6.45, 7) is 4.74. The van der Waals surface area contributed by atoms with Crippen molar-refractivity contribution in [1.29, 1.82) is 0 Å². The smallest absolute Gasteiger partial charge is 0.290 e. The number of rotatable bonds is 5. The van der Waals surface area contributed by atoms with Crippen molar-refractivity contribution >= 4 is 22.6 Å². The molecule has 0 fully saturated rings. The van der Waals surface area contributed by atoms with E-state index >= 15 is 0 Å². The number of hydrogen-bond donors (Lipinski definition) is 0. The molecule has 0 saturated carbocycles. The second-order valence-corrected chi connectivity index (χ2v) is 8.16. The van der Waals surface area contributed by atoms with Crippen molar-refractivity contribution in [3.8, 4) is 0 Å². The minimum Gasteiger partial charge on any atom is -0.450 e. The van der Waals surface area contributed by atoms with Crippen molar-refractivity contribution in [2.75, 3.05) is 27.2 Å². The van der Waals surface area contributed by atoms with Crippen LogP contribution in [0, 0.1) is 24.0 Å². The molecule has 0 radical (unpaired) electrons. The Morgan fingerprint density at radius 1 is 1.13 bits per heavy atom. The molecule has 0 spiro atoms. The maximum atomic E-state index is 13.5. The average Bonchev–Trinajstić information content (AvgIpc) is 3.00. The van der Waals surface area contributed by atoms with Gasteiger partial charge in [0.25, 0.3) is 11.6 Å². The highest BCUT2D eigenvalue weighted by molar-refractivity contribution is 5.99. The Bertz CT molecular complexity index is 1280. The maximum absolute atomic E-state index is 13.5. The summed E-state index contributed by atoms with van der Waals surface area (Å²) < 4.78 is 5.96. The van der Waals surface area contributed by atoms with Crippen LogP contribution in [0.4, 0.5) is 5.69 Å². The summed E-state index contributed by atoms with van der Waals surface area (Å²) in [7, 11) is 3.78. The van der Waals surface area contributed by atoms with Crippen LogP contribution in [-0.2, 0) is 0 Å². The molecule has 1 atom stereocenters. The fraction of sp³-hybridized carbons (Fsp3) is 0.304. The maximum Gasteiger partial charge on any atom is 0.290 e. The van der Waals surface area contributed by atoms with Crippen molar-refractivity contribution in [2.24, 2.45) is 0 Å². The number of nitro groups is 1. The van der Waals surface area contributed by atoms with Gasteiger partial charge in [0, 0.05) is 25.2 Å². The number of fused-ring (bicyclic) bond motifs is 2. The first-order valence-electron chi connectivity index (χ1n) is 9.97. The van der Waals surface area contributed by atoms with Gasteiger partial charge in [0.2, 0.25) is 5.76 Å². The Balaban J connectivity index is 1.97. The Labute approximate surface area is 178 Å². The highest BCUT2D eigenvalue weighted by atomic mass is 16.6. The van der Waals surface area contributed by atoms with E-state index in [1.807, 2.05) is 32.8 Å². The molecule has 2 aromatic carbocycles. The van der Waals surface area contributed by atoms with E-state index in [0.29, 0.717) is 29.6 Å². The lowest BCUT2D eigenvalue weighted by molar-refractivity contribution is -0.384. The van der Waals surface area contributed by atoms with Crippen molar-refractivity contribution in [1.82, 2.24) is 9.80 Å². The van der Waals surface area contributed by atoms with Crippen LogP contribution in [0.2, 0.25) is 0 Å². The van der Waals surface area contributed by atoms with Gasteiger partial charge >= 0.3 is 0 Å². The number of benzene rings is 2. The zero-order valence-corrected chi connectivity index (χ0v) is 17.8. The molecular weight excluding hydrogens is 398 g/mol. The minimum atomic E-state index is -0.746. The van der Waals surface area contributed by atoms with Gasteiger partial charge in [0.05, 0.1) is 21.9 Å². The molecule has 1 amide bonds. The standard InChI is InChI=1S/C23H23N3O5/c1-13-10-17-18(11-14(13)2)31-22-19(21(17)27)20(25(23(22)28)9-8-24(3)4)15-6-5-7-16(12-15)26(29)30/h5-7,10-12,20H,8-9H2,1-4H3/t20-/m0/s1. The van der Waals surface area contributed by atoms with Crippen LogP contribution in [0.15, 0.2) is 45.6 Å². The number of hydrogen-bond acceptors (Lipinski definition) is 6. The van der Waals surface area contributed by atoms with Gasteiger partial charge in [0.1, 0.15) is 5.58 Å². The molecule has 3 aromatic rings. The zero-order chi connectivity index (χ0) is 22.4. The van der Waals surface area contributed by atoms with E-state index in [9.17, 15) is 19.7 Å². The Morgan fingerprint density at radius 3 is 2.52 bits per heavy atom. The number of non-ortho nitro benzene ring substituents is 1. The Hall–Kier alpha value is -3.52. The molecule has 8 nitrogen and oxygen atoms in total. The molecule has 0 saturated heterocycles. The molecule has 2 heterocycles. The lowest BCUT2D eigenvalue weighted by atomic mass is 9.97. The van der Waals surface area contributed by atoms with Crippen LogP contribution in [0.5, 0.6) is 0 Å². The van der Waals surface area contributed by atoms with Gasteiger partial charge in [-0.05, 0) is 56.8 Å². The molecule has 4 rings (SSSR count). The first-order valence-corrected chi connectivity index (χ1v) is 9.97. The van der Waals surface area contributed by atoms with E-state index < -0.39 is 11.0 Å². The van der Waals surface area contributed by atoms with E-state index in [-0.39, 0.29) is 28.3 Å². The summed E-state index contributed by atoms with van der Waals surface area (Å²) in [5.74, 6) is -0.374. The fourth-order valence-electron chi connectivity index (χ4n) is 3.97.